The van der Waals surface area contributed by atoms with Gasteiger partial charge in [0, 0.05) is 38.3 Å². The first-order valence-corrected chi connectivity index (χ1v) is 10.9. The molecule has 1 unspecified atom stereocenters. The Morgan fingerprint density at radius 2 is 1.80 bits per heavy atom. The second-order valence-corrected chi connectivity index (χ2v) is 8.19. The number of amides is 1. The van der Waals surface area contributed by atoms with Gasteiger partial charge >= 0.3 is 0 Å². The van der Waals surface area contributed by atoms with Gasteiger partial charge in [0.05, 0.1) is 6.10 Å². The smallest absolute Gasteiger partial charge is 0.251 e. The molecule has 2 N–H and O–H groups in total. The number of aliphatic hydroxyl groups excluding tert-OH is 1. The van der Waals surface area contributed by atoms with Crippen LogP contribution >= 0.6 is 0 Å². The molecule has 1 saturated heterocycles. The quantitative estimate of drug-likeness (QED) is 0.663. The number of hydrogen-bond donors (Lipinski definition) is 2. The molecule has 0 aliphatic carbocycles. The van der Waals surface area contributed by atoms with Crippen LogP contribution in [0.2, 0.25) is 0 Å². The Morgan fingerprint density at radius 3 is 2.53 bits per heavy atom. The van der Waals surface area contributed by atoms with Crippen molar-refractivity contribution in [2.24, 2.45) is 0 Å². The van der Waals surface area contributed by atoms with Crippen molar-refractivity contribution in [2.75, 3.05) is 45.9 Å². The minimum atomic E-state index is -0.594. The zero-order valence-corrected chi connectivity index (χ0v) is 17.4. The Morgan fingerprint density at radius 1 is 1.03 bits per heavy atom. The van der Waals surface area contributed by atoms with Gasteiger partial charge in [-0.05, 0) is 61.3 Å². The van der Waals surface area contributed by atoms with Crippen molar-refractivity contribution in [2.45, 2.75) is 25.5 Å². The summed E-state index contributed by atoms with van der Waals surface area (Å²) in [6.45, 7) is 6.52. The summed E-state index contributed by atoms with van der Waals surface area (Å²) in [6.07, 6.45) is 1.69. The number of β-amino-alcohol motifs (C(OH)–C–C–N with tert-alkyl or cyclic N) is 1. The maximum Gasteiger partial charge on any atom is 0.251 e. The van der Waals surface area contributed by atoms with Crippen molar-refractivity contribution < 1.29 is 14.6 Å². The summed E-state index contributed by atoms with van der Waals surface area (Å²) in [5.41, 5.74) is 3.29. The van der Waals surface area contributed by atoms with Crippen LogP contribution in [-0.2, 0) is 13.0 Å². The molecule has 2 aromatic rings. The highest BCUT2D eigenvalue weighted by Gasteiger charge is 2.19. The van der Waals surface area contributed by atoms with E-state index < -0.39 is 6.10 Å². The van der Waals surface area contributed by atoms with Gasteiger partial charge < -0.3 is 15.2 Å². The molecule has 0 saturated carbocycles. The fraction of sp³-hybridized carbons (Fsp3) is 0.458. The van der Waals surface area contributed by atoms with Gasteiger partial charge in [-0.25, -0.2) is 0 Å². The Bertz CT molecular complexity index is 836. The number of likely N-dealkylation sites (tertiary alicyclic amines) is 1. The fourth-order valence-corrected chi connectivity index (χ4v) is 3.99. The van der Waals surface area contributed by atoms with E-state index in [-0.39, 0.29) is 12.5 Å². The van der Waals surface area contributed by atoms with Crippen LogP contribution in [0.15, 0.2) is 48.5 Å². The van der Waals surface area contributed by atoms with Gasteiger partial charge in [0.15, 0.2) is 0 Å². The summed E-state index contributed by atoms with van der Waals surface area (Å²) in [6, 6.07) is 15.6. The SMILES string of the molecule is O=C(NCC(O)CN1CCc2ccccc2C1)c1ccc(OCCN2CCC2)cc1. The van der Waals surface area contributed by atoms with E-state index in [2.05, 4.69) is 39.4 Å². The molecule has 2 aromatic carbocycles. The van der Waals surface area contributed by atoms with Gasteiger partial charge in [0.25, 0.3) is 5.91 Å². The van der Waals surface area contributed by atoms with Crippen LogP contribution in [0.1, 0.15) is 27.9 Å². The summed E-state index contributed by atoms with van der Waals surface area (Å²) in [4.78, 5) is 17.0. The lowest BCUT2D eigenvalue weighted by atomic mass is 10.00. The number of fused-ring (bicyclic) bond motifs is 1. The average Bonchev–Trinajstić information content (AvgIpc) is 2.74. The molecule has 30 heavy (non-hydrogen) atoms. The molecule has 0 spiro atoms. The van der Waals surface area contributed by atoms with Gasteiger partial charge in [-0.2, -0.15) is 0 Å². The van der Waals surface area contributed by atoms with E-state index in [1.165, 1.54) is 30.6 Å². The number of ether oxygens (including phenoxy) is 1. The molecule has 2 heterocycles. The molecule has 6 nitrogen and oxygen atoms in total. The number of aliphatic hydroxyl groups is 1. The molecule has 0 aromatic heterocycles. The first-order valence-electron chi connectivity index (χ1n) is 10.9. The third-order valence-electron chi connectivity index (χ3n) is 5.92. The lowest BCUT2D eigenvalue weighted by Crippen LogP contribution is -2.42. The second-order valence-electron chi connectivity index (χ2n) is 8.19. The van der Waals surface area contributed by atoms with Crippen LogP contribution in [0.3, 0.4) is 0 Å². The molecule has 1 fully saturated rings. The summed E-state index contributed by atoms with van der Waals surface area (Å²) in [7, 11) is 0. The second kappa shape index (κ2) is 10.1. The van der Waals surface area contributed by atoms with E-state index in [1.807, 2.05) is 12.1 Å². The number of carbonyl (C=O) groups is 1. The van der Waals surface area contributed by atoms with E-state index >= 15 is 0 Å². The van der Waals surface area contributed by atoms with Crippen molar-refractivity contribution in [1.29, 1.82) is 0 Å². The number of hydrogen-bond acceptors (Lipinski definition) is 5. The maximum absolute atomic E-state index is 12.4. The predicted molar refractivity (Wildman–Crippen MR) is 117 cm³/mol. The van der Waals surface area contributed by atoms with Gasteiger partial charge in [-0.3, -0.25) is 14.6 Å². The molecule has 0 bridgehead atoms. The van der Waals surface area contributed by atoms with Gasteiger partial charge in [0.1, 0.15) is 12.4 Å². The van der Waals surface area contributed by atoms with Crippen molar-refractivity contribution >= 4 is 5.91 Å². The number of nitrogens with zero attached hydrogens (tertiary/aromatic N) is 2. The van der Waals surface area contributed by atoms with Gasteiger partial charge in [-0.15, -0.1) is 0 Å². The van der Waals surface area contributed by atoms with Crippen LogP contribution < -0.4 is 10.1 Å². The van der Waals surface area contributed by atoms with Crippen LogP contribution in [0.5, 0.6) is 5.75 Å². The summed E-state index contributed by atoms with van der Waals surface area (Å²) >= 11 is 0. The Labute approximate surface area is 178 Å². The van der Waals surface area contributed by atoms with Gasteiger partial charge in [0.2, 0.25) is 0 Å². The molecular weight excluding hydrogens is 378 g/mol. The Kier molecular flexibility index (Phi) is 7.00. The van der Waals surface area contributed by atoms with Crippen LogP contribution in [0, 0.1) is 0 Å². The maximum atomic E-state index is 12.4. The normalized spacial score (nSPS) is 17.6. The molecule has 4 rings (SSSR count). The molecule has 2 aliphatic rings. The van der Waals surface area contributed by atoms with E-state index in [1.54, 1.807) is 12.1 Å². The highest BCUT2D eigenvalue weighted by molar-refractivity contribution is 5.94. The Balaban J connectivity index is 1.17. The van der Waals surface area contributed by atoms with E-state index in [0.717, 1.165) is 31.8 Å². The topological polar surface area (TPSA) is 65.0 Å². The minimum Gasteiger partial charge on any atom is -0.492 e. The molecule has 160 valence electrons. The summed E-state index contributed by atoms with van der Waals surface area (Å²) < 4.78 is 5.74. The van der Waals surface area contributed by atoms with Crippen molar-refractivity contribution in [1.82, 2.24) is 15.1 Å². The molecule has 1 atom stereocenters. The minimum absolute atomic E-state index is 0.176. The highest BCUT2D eigenvalue weighted by atomic mass is 16.5. The predicted octanol–water partition coefficient (Wildman–Crippen LogP) is 1.92. The van der Waals surface area contributed by atoms with E-state index in [0.29, 0.717) is 18.7 Å². The lowest BCUT2D eigenvalue weighted by molar-refractivity contribution is 0.0842. The number of carbonyl (C=O) groups excluding carboxylic acids is 1. The average molecular weight is 410 g/mol. The van der Waals surface area contributed by atoms with Crippen LogP contribution in [0.4, 0.5) is 0 Å². The van der Waals surface area contributed by atoms with Crippen molar-refractivity contribution in [3.8, 4) is 5.75 Å². The van der Waals surface area contributed by atoms with Crippen LogP contribution in [-0.4, -0.2) is 72.8 Å². The standard InChI is InChI=1S/C24H31N3O3/c28-22(18-27-13-10-19-4-1-2-5-21(19)17-27)16-25-24(29)20-6-8-23(9-7-20)30-15-14-26-11-3-12-26/h1-2,4-9,22,28H,3,10-18H2,(H,25,29). The molecule has 1 amide bonds. The summed E-state index contributed by atoms with van der Waals surface area (Å²) in [5, 5.41) is 13.2. The number of rotatable bonds is 9. The molecule has 2 aliphatic heterocycles. The molecule has 0 radical (unpaired) electrons. The largest absolute Gasteiger partial charge is 0.492 e. The molecule has 6 heteroatoms. The zero-order valence-electron chi connectivity index (χ0n) is 17.4. The number of benzene rings is 2. The van der Waals surface area contributed by atoms with E-state index in [4.69, 9.17) is 4.74 Å². The van der Waals surface area contributed by atoms with Crippen molar-refractivity contribution in [3.05, 3.63) is 65.2 Å². The van der Waals surface area contributed by atoms with Crippen LogP contribution in [0.25, 0.3) is 0 Å². The lowest BCUT2D eigenvalue weighted by Gasteiger charge is -2.30. The first kappa shape index (κ1) is 20.8. The zero-order chi connectivity index (χ0) is 20.8. The fourth-order valence-electron chi connectivity index (χ4n) is 3.99. The monoisotopic (exact) mass is 409 g/mol. The highest BCUT2D eigenvalue weighted by Crippen LogP contribution is 2.18. The van der Waals surface area contributed by atoms with Gasteiger partial charge in [-0.1, -0.05) is 24.3 Å². The summed E-state index contributed by atoms with van der Waals surface area (Å²) in [5.74, 6) is 0.600. The Hall–Kier alpha value is -2.41. The first-order chi connectivity index (χ1) is 14.7. The third-order valence-corrected chi connectivity index (χ3v) is 5.92. The molecular formula is C24H31N3O3. The third kappa shape index (κ3) is 5.59. The van der Waals surface area contributed by atoms with E-state index in [9.17, 15) is 9.90 Å². The van der Waals surface area contributed by atoms with Crippen molar-refractivity contribution in [3.63, 3.8) is 0 Å². The number of nitrogens with one attached hydrogen (secondary N) is 1.